The van der Waals surface area contributed by atoms with Crippen LogP contribution in [0.4, 0.5) is 0 Å². The van der Waals surface area contributed by atoms with Crippen molar-refractivity contribution >= 4 is 85.5 Å². The highest BCUT2D eigenvalue weighted by atomic mass is 32.1. The van der Waals surface area contributed by atoms with Gasteiger partial charge in [0, 0.05) is 5.56 Å². The molecule has 3 heterocycles. The number of thiazole rings is 1. The lowest BCUT2D eigenvalue weighted by Gasteiger charge is -2.38. The monoisotopic (exact) mass is 748 g/mol. The molecule has 1 aliphatic heterocycles. The largest absolute Gasteiger partial charge is 0.458 e. The lowest BCUT2D eigenvalue weighted by Crippen LogP contribution is -2.75. The predicted octanol–water partition coefficient (Wildman–Crippen LogP) is 8.12. The third-order valence-corrected chi connectivity index (χ3v) is 20.0. The average Bonchev–Trinajstić information content (AvgIpc) is 3.76. The Labute approximate surface area is 322 Å². The van der Waals surface area contributed by atoms with E-state index >= 15 is 0 Å². The van der Waals surface area contributed by atoms with Gasteiger partial charge in [-0.1, -0.05) is 178 Å². The summed E-state index contributed by atoms with van der Waals surface area (Å²) < 4.78 is 10.7. The maximum atomic E-state index is 7.10. The van der Waals surface area contributed by atoms with Gasteiger partial charge in [0.05, 0.1) is 21.3 Å². The summed E-state index contributed by atoms with van der Waals surface area (Å²) >= 11 is 1.76. The van der Waals surface area contributed by atoms with Crippen LogP contribution in [0.15, 0.2) is 164 Å². The SMILES string of the molecule is C[SiH]1c2ccccc2Oc2c1cccc2[Si](c1ccccc1)(c1ccccc1)c1ccc(-c2cccc3c2nc2sc4ccccc4n23)c(C(C)(C)C)c1. The number of aromatic nitrogens is 2. The maximum absolute atomic E-state index is 7.10. The van der Waals surface area contributed by atoms with Gasteiger partial charge in [-0.15, -0.1) is 0 Å². The molecular weight excluding hydrogens is 709 g/mol. The standard InChI is InChI=1S/C48H40N2OSSi2/c1-48(2,3)37-31-34(29-30-35(37)36-21-15-23-39-45(36)49-47-50(39)38-22-11-13-25-41(38)52-47)54(32-17-7-5-8-18-32,33-19-9-6-10-20-33)44-28-16-27-43-46(44)51-40-24-12-14-26-42(40)53(43)4/h5-31,53H,1-4H3. The molecule has 6 heteroatoms. The topological polar surface area (TPSA) is 26.5 Å². The molecule has 1 aliphatic rings. The van der Waals surface area contributed by atoms with Crippen LogP contribution in [0.25, 0.3) is 37.3 Å². The Kier molecular flexibility index (Phi) is 7.67. The minimum atomic E-state index is -2.98. The third-order valence-electron chi connectivity index (χ3n) is 11.4. The molecule has 0 aliphatic carbocycles. The Morgan fingerprint density at radius 3 is 2.02 bits per heavy atom. The molecule has 0 radical (unpaired) electrons. The lowest BCUT2D eigenvalue weighted by atomic mass is 9.81. The molecule has 0 amide bonds. The molecule has 10 rings (SSSR count). The van der Waals surface area contributed by atoms with E-state index in [-0.39, 0.29) is 5.41 Å². The van der Waals surface area contributed by atoms with E-state index in [1.54, 1.807) is 11.3 Å². The van der Waals surface area contributed by atoms with Gasteiger partial charge in [0.1, 0.15) is 20.3 Å². The number of benzene rings is 7. The Balaban J connectivity index is 1.27. The fraction of sp³-hybridized carbons (Fsp3) is 0.104. The first kappa shape index (κ1) is 33.1. The van der Waals surface area contributed by atoms with Crippen LogP contribution >= 0.6 is 11.3 Å². The second-order valence-corrected chi connectivity index (χ2v) is 23.0. The molecule has 0 bridgehead atoms. The molecule has 9 aromatic rings. The first-order valence-electron chi connectivity index (χ1n) is 18.8. The van der Waals surface area contributed by atoms with E-state index in [2.05, 4.69) is 196 Å². The predicted molar refractivity (Wildman–Crippen MR) is 235 cm³/mol. The molecule has 1 unspecified atom stereocenters. The van der Waals surface area contributed by atoms with Crippen LogP contribution < -0.4 is 35.9 Å². The molecule has 7 aromatic carbocycles. The van der Waals surface area contributed by atoms with Crippen molar-refractivity contribution in [3.63, 3.8) is 0 Å². The average molecular weight is 749 g/mol. The number of ether oxygens (including phenoxy) is 1. The third kappa shape index (κ3) is 4.94. The van der Waals surface area contributed by atoms with Crippen molar-refractivity contribution in [2.24, 2.45) is 0 Å². The second-order valence-electron chi connectivity index (χ2n) is 15.6. The Morgan fingerprint density at radius 2 is 1.26 bits per heavy atom. The van der Waals surface area contributed by atoms with Crippen molar-refractivity contribution in [3.8, 4) is 22.6 Å². The minimum absolute atomic E-state index is 0.155. The van der Waals surface area contributed by atoms with E-state index < -0.39 is 16.9 Å². The molecule has 3 nitrogen and oxygen atoms in total. The zero-order valence-corrected chi connectivity index (χ0v) is 33.8. The van der Waals surface area contributed by atoms with Gasteiger partial charge in [-0.3, -0.25) is 4.40 Å². The molecule has 0 saturated heterocycles. The van der Waals surface area contributed by atoms with Crippen molar-refractivity contribution in [1.29, 1.82) is 0 Å². The molecular formula is C48H40N2OSSi2. The fourth-order valence-corrected chi connectivity index (χ4v) is 17.3. The van der Waals surface area contributed by atoms with Crippen LogP contribution in [-0.2, 0) is 5.41 Å². The smallest absolute Gasteiger partial charge is 0.195 e. The van der Waals surface area contributed by atoms with Gasteiger partial charge >= 0.3 is 0 Å². The maximum Gasteiger partial charge on any atom is 0.195 e. The highest BCUT2D eigenvalue weighted by molar-refractivity contribution is 7.23. The summed E-state index contributed by atoms with van der Waals surface area (Å²) in [7, 11) is -4.50. The summed E-state index contributed by atoms with van der Waals surface area (Å²) in [5.41, 5.74) is 6.97. The number of hydrogen-bond donors (Lipinski definition) is 0. The molecule has 0 N–H and O–H groups in total. The van der Waals surface area contributed by atoms with Gasteiger partial charge in [-0.25, -0.2) is 4.98 Å². The Morgan fingerprint density at radius 1 is 0.611 bits per heavy atom. The number of para-hydroxylation sites is 4. The summed E-state index contributed by atoms with van der Waals surface area (Å²) in [6, 6.07) is 60.8. The van der Waals surface area contributed by atoms with Crippen molar-refractivity contribution < 1.29 is 4.74 Å². The van der Waals surface area contributed by atoms with Crippen LogP contribution in [-0.4, -0.2) is 26.3 Å². The van der Waals surface area contributed by atoms with Crippen molar-refractivity contribution in [3.05, 3.63) is 169 Å². The Bertz CT molecular complexity index is 2830. The first-order chi connectivity index (χ1) is 26.3. The quantitative estimate of drug-likeness (QED) is 0.131. The van der Waals surface area contributed by atoms with Gasteiger partial charge in [-0.2, -0.15) is 0 Å². The van der Waals surface area contributed by atoms with Crippen LogP contribution in [0, 0.1) is 0 Å². The normalized spacial score (nSPS) is 14.3. The van der Waals surface area contributed by atoms with E-state index in [9.17, 15) is 0 Å². The minimum Gasteiger partial charge on any atom is -0.458 e. The van der Waals surface area contributed by atoms with Crippen LogP contribution in [0.1, 0.15) is 26.3 Å². The fourth-order valence-electron chi connectivity index (χ4n) is 8.91. The number of fused-ring (bicyclic) bond motifs is 7. The summed E-state index contributed by atoms with van der Waals surface area (Å²) in [4.78, 5) is 6.35. The first-order valence-corrected chi connectivity index (χ1v) is 23.9. The molecule has 2 aromatic heterocycles. The van der Waals surface area contributed by atoms with Crippen LogP contribution in [0.5, 0.6) is 11.5 Å². The molecule has 262 valence electrons. The lowest BCUT2D eigenvalue weighted by molar-refractivity contribution is 0.491. The van der Waals surface area contributed by atoms with E-state index in [0.29, 0.717) is 0 Å². The number of nitrogens with zero attached hydrogens (tertiary/aromatic N) is 2. The number of hydrogen-bond acceptors (Lipinski definition) is 3. The summed E-state index contributed by atoms with van der Waals surface area (Å²) in [6.45, 7) is 9.50. The summed E-state index contributed by atoms with van der Waals surface area (Å²) in [5, 5.41) is 8.09. The van der Waals surface area contributed by atoms with Crippen molar-refractivity contribution in [2.45, 2.75) is 32.7 Å². The van der Waals surface area contributed by atoms with Gasteiger partial charge in [-0.05, 0) is 71.9 Å². The zero-order valence-electron chi connectivity index (χ0n) is 30.9. The van der Waals surface area contributed by atoms with Gasteiger partial charge < -0.3 is 4.74 Å². The molecule has 1 atom stereocenters. The van der Waals surface area contributed by atoms with Crippen molar-refractivity contribution in [1.82, 2.24) is 9.38 Å². The Hall–Kier alpha value is -5.54. The highest BCUT2D eigenvalue weighted by Gasteiger charge is 2.46. The van der Waals surface area contributed by atoms with Crippen molar-refractivity contribution in [2.75, 3.05) is 0 Å². The summed E-state index contributed by atoms with van der Waals surface area (Å²) in [6.07, 6.45) is 0. The van der Waals surface area contributed by atoms with Crippen LogP contribution in [0.3, 0.4) is 0 Å². The molecule has 54 heavy (non-hydrogen) atoms. The second kappa shape index (κ2) is 12.5. The van der Waals surface area contributed by atoms with Gasteiger partial charge in [0.2, 0.25) is 0 Å². The van der Waals surface area contributed by atoms with Gasteiger partial charge in [0.15, 0.2) is 13.0 Å². The number of imidazole rings is 1. The molecule has 0 spiro atoms. The van der Waals surface area contributed by atoms with E-state index in [4.69, 9.17) is 9.72 Å². The zero-order chi connectivity index (χ0) is 36.6. The summed E-state index contributed by atoms with van der Waals surface area (Å²) in [5.74, 6) is 2.07. The van der Waals surface area contributed by atoms with E-state index in [1.165, 1.54) is 58.0 Å². The van der Waals surface area contributed by atoms with E-state index in [0.717, 1.165) is 27.5 Å². The van der Waals surface area contributed by atoms with E-state index in [1.807, 2.05) is 0 Å². The van der Waals surface area contributed by atoms with Gasteiger partial charge in [0.25, 0.3) is 0 Å². The number of rotatable bonds is 5. The van der Waals surface area contributed by atoms with Crippen LogP contribution in [0.2, 0.25) is 6.55 Å². The highest BCUT2D eigenvalue weighted by Crippen LogP contribution is 2.39. The molecule has 0 fully saturated rings. The molecule has 0 saturated carbocycles.